The summed E-state index contributed by atoms with van der Waals surface area (Å²) in [5, 5.41) is 2.77. The van der Waals surface area contributed by atoms with Crippen molar-refractivity contribution in [2.45, 2.75) is 19.9 Å². The predicted molar refractivity (Wildman–Crippen MR) is 90.9 cm³/mol. The number of amides is 2. The molecule has 0 aliphatic carbocycles. The normalized spacial score (nSPS) is 11.7. The van der Waals surface area contributed by atoms with Crippen LogP contribution in [0.4, 0.5) is 4.79 Å². The van der Waals surface area contributed by atoms with Crippen molar-refractivity contribution in [3.05, 3.63) is 21.3 Å². The minimum atomic E-state index is -3.15. The van der Waals surface area contributed by atoms with Crippen molar-refractivity contribution in [3.8, 4) is 0 Å². The first-order valence-electron chi connectivity index (χ1n) is 6.93. The summed E-state index contributed by atoms with van der Waals surface area (Å²) in [4.78, 5) is 14.5. The van der Waals surface area contributed by atoms with Crippen LogP contribution in [-0.4, -0.2) is 56.6 Å². The van der Waals surface area contributed by atoms with Crippen LogP contribution in [0.3, 0.4) is 0 Å². The molecule has 1 rings (SSSR count). The molecule has 1 aromatic rings. The van der Waals surface area contributed by atoms with Gasteiger partial charge in [0.1, 0.15) is 0 Å². The molecule has 0 aliphatic heterocycles. The molecule has 0 spiro atoms. The monoisotopic (exact) mass is 367 g/mol. The van der Waals surface area contributed by atoms with E-state index in [9.17, 15) is 13.2 Å². The van der Waals surface area contributed by atoms with Crippen molar-refractivity contribution in [3.63, 3.8) is 0 Å². The topological polar surface area (TPSA) is 69.7 Å². The summed E-state index contributed by atoms with van der Waals surface area (Å²) in [6, 6.07) is 3.50. The Morgan fingerprint density at radius 1 is 1.36 bits per heavy atom. The van der Waals surface area contributed by atoms with Gasteiger partial charge in [-0.05, 0) is 25.5 Å². The van der Waals surface area contributed by atoms with Crippen LogP contribution in [0.25, 0.3) is 0 Å². The molecular formula is C13H22ClN3O3S2. The molecule has 0 bridgehead atoms. The summed E-state index contributed by atoms with van der Waals surface area (Å²) < 4.78 is 25.1. The van der Waals surface area contributed by atoms with Gasteiger partial charge >= 0.3 is 6.03 Å². The first kappa shape index (κ1) is 19.2. The Morgan fingerprint density at radius 2 is 2.05 bits per heavy atom. The van der Waals surface area contributed by atoms with Crippen LogP contribution >= 0.6 is 22.9 Å². The number of rotatable bonds is 8. The number of thiophene rings is 1. The largest absolute Gasteiger partial charge is 0.338 e. The number of hydrogen-bond donors (Lipinski definition) is 1. The molecule has 0 fully saturated rings. The molecule has 0 radical (unpaired) electrons. The third-order valence-electron chi connectivity index (χ3n) is 3.13. The zero-order chi connectivity index (χ0) is 16.8. The van der Waals surface area contributed by atoms with Crippen molar-refractivity contribution in [1.29, 1.82) is 0 Å². The quantitative estimate of drug-likeness (QED) is 0.716. The van der Waals surface area contributed by atoms with Crippen LogP contribution in [-0.2, 0) is 16.6 Å². The lowest BCUT2D eigenvalue weighted by Crippen LogP contribution is -2.38. The van der Waals surface area contributed by atoms with Crippen LogP contribution in [0.2, 0.25) is 4.34 Å². The fourth-order valence-electron chi connectivity index (χ4n) is 1.73. The average Bonchev–Trinajstić information content (AvgIpc) is 2.87. The number of hydrogen-bond acceptors (Lipinski definition) is 4. The van der Waals surface area contributed by atoms with Crippen molar-refractivity contribution >= 4 is 39.0 Å². The lowest BCUT2D eigenvalue weighted by molar-refractivity contribution is 0.207. The summed E-state index contributed by atoms with van der Waals surface area (Å²) in [6.45, 7) is 2.92. The molecule has 0 saturated carbocycles. The Bertz CT molecular complexity index is 589. The van der Waals surface area contributed by atoms with Gasteiger partial charge in [0.2, 0.25) is 10.0 Å². The number of urea groups is 1. The van der Waals surface area contributed by atoms with Crippen molar-refractivity contribution in [1.82, 2.24) is 14.5 Å². The molecule has 0 aromatic carbocycles. The lowest BCUT2D eigenvalue weighted by atomic mass is 10.4. The predicted octanol–water partition coefficient (Wildman–Crippen LogP) is 2.21. The molecule has 0 atom stereocenters. The third-order valence-corrected chi connectivity index (χ3v) is 6.21. The highest BCUT2D eigenvalue weighted by Gasteiger charge is 2.14. The Morgan fingerprint density at radius 3 is 2.59 bits per heavy atom. The van der Waals surface area contributed by atoms with E-state index in [0.717, 1.165) is 4.88 Å². The maximum Gasteiger partial charge on any atom is 0.317 e. The fourth-order valence-corrected chi connectivity index (χ4v) is 3.72. The summed E-state index contributed by atoms with van der Waals surface area (Å²) >= 11 is 7.29. The third kappa shape index (κ3) is 6.12. The van der Waals surface area contributed by atoms with Crippen molar-refractivity contribution in [2.24, 2.45) is 0 Å². The summed E-state index contributed by atoms with van der Waals surface area (Å²) in [6.07, 6.45) is 0.570. The van der Waals surface area contributed by atoms with E-state index >= 15 is 0 Å². The van der Waals surface area contributed by atoms with E-state index in [0.29, 0.717) is 30.4 Å². The van der Waals surface area contributed by atoms with Crippen LogP contribution < -0.4 is 5.32 Å². The Balaban J connectivity index is 2.28. The van der Waals surface area contributed by atoms with E-state index < -0.39 is 10.0 Å². The van der Waals surface area contributed by atoms with Gasteiger partial charge in [0.05, 0.1) is 16.6 Å². The van der Waals surface area contributed by atoms with Crippen molar-refractivity contribution in [2.75, 3.05) is 32.9 Å². The van der Waals surface area contributed by atoms with E-state index in [-0.39, 0.29) is 11.8 Å². The molecule has 0 aliphatic rings. The van der Waals surface area contributed by atoms with E-state index in [2.05, 4.69) is 5.32 Å². The first-order chi connectivity index (χ1) is 10.3. The Kier molecular flexibility index (Phi) is 7.61. The fraction of sp³-hybridized carbons (Fsp3) is 0.615. The zero-order valence-corrected chi connectivity index (χ0v) is 15.4. The highest BCUT2D eigenvalue weighted by molar-refractivity contribution is 7.89. The Hall–Kier alpha value is -0.830. The van der Waals surface area contributed by atoms with E-state index in [1.165, 1.54) is 15.6 Å². The number of nitrogens with zero attached hydrogens (tertiary/aromatic N) is 2. The van der Waals surface area contributed by atoms with Gasteiger partial charge < -0.3 is 10.2 Å². The molecule has 2 amide bonds. The van der Waals surface area contributed by atoms with Crippen LogP contribution in [0.1, 0.15) is 18.2 Å². The molecule has 1 N–H and O–H groups in total. The maximum atomic E-state index is 11.9. The molecule has 6 nitrogen and oxygen atoms in total. The minimum absolute atomic E-state index is 0.0853. The van der Waals surface area contributed by atoms with Gasteiger partial charge in [-0.3, -0.25) is 0 Å². The number of carbonyl (C=O) groups is 1. The molecular weight excluding hydrogens is 346 g/mol. The van der Waals surface area contributed by atoms with Gasteiger partial charge in [-0.25, -0.2) is 17.5 Å². The summed E-state index contributed by atoms with van der Waals surface area (Å²) in [5.41, 5.74) is 0. The van der Waals surface area contributed by atoms with E-state index in [1.54, 1.807) is 32.0 Å². The second-order valence-electron chi connectivity index (χ2n) is 4.87. The van der Waals surface area contributed by atoms with Gasteiger partial charge in [0.15, 0.2) is 0 Å². The highest BCUT2D eigenvalue weighted by atomic mass is 35.5. The molecule has 9 heteroatoms. The molecule has 1 aromatic heterocycles. The van der Waals surface area contributed by atoms with Gasteiger partial charge in [-0.2, -0.15) is 0 Å². The second kappa shape index (κ2) is 8.71. The van der Waals surface area contributed by atoms with Crippen LogP contribution in [0.5, 0.6) is 0 Å². The Labute approximate surface area is 141 Å². The van der Waals surface area contributed by atoms with Crippen LogP contribution in [0, 0.1) is 0 Å². The summed E-state index contributed by atoms with van der Waals surface area (Å²) in [7, 11) is 0.0994. The summed E-state index contributed by atoms with van der Waals surface area (Å²) in [5.74, 6) is 0.0853. The zero-order valence-electron chi connectivity index (χ0n) is 13.0. The first-order valence-corrected chi connectivity index (χ1v) is 9.73. The second-order valence-corrected chi connectivity index (χ2v) is 9.03. The van der Waals surface area contributed by atoms with Gasteiger partial charge in [0, 0.05) is 32.1 Å². The number of halogens is 1. The lowest BCUT2D eigenvalue weighted by Gasteiger charge is -2.18. The minimum Gasteiger partial charge on any atom is -0.338 e. The molecule has 0 saturated heterocycles. The average molecular weight is 368 g/mol. The standard InChI is InChI=1S/C13H22ClN3O3S2/c1-4-22(19,20)17(3)9-5-8-15-13(18)16(2)10-11-6-7-12(14)21-11/h6-7H,4-5,8-10H2,1-3H3,(H,15,18). The van der Waals surface area contributed by atoms with Crippen molar-refractivity contribution < 1.29 is 13.2 Å². The molecule has 0 unspecified atom stereocenters. The maximum absolute atomic E-state index is 11.9. The van der Waals surface area contributed by atoms with Crippen LogP contribution in [0.15, 0.2) is 12.1 Å². The van der Waals surface area contributed by atoms with Gasteiger partial charge in [-0.1, -0.05) is 11.6 Å². The van der Waals surface area contributed by atoms with Gasteiger partial charge in [-0.15, -0.1) is 11.3 Å². The highest BCUT2D eigenvalue weighted by Crippen LogP contribution is 2.22. The number of carbonyl (C=O) groups excluding carboxylic acids is 1. The molecule has 1 heterocycles. The number of nitrogens with one attached hydrogen (secondary N) is 1. The van der Waals surface area contributed by atoms with Gasteiger partial charge in [0.25, 0.3) is 0 Å². The SMILES string of the molecule is CCS(=O)(=O)N(C)CCCNC(=O)N(C)Cc1ccc(Cl)s1. The molecule has 126 valence electrons. The van der Waals surface area contributed by atoms with E-state index in [4.69, 9.17) is 11.6 Å². The van der Waals surface area contributed by atoms with E-state index in [1.807, 2.05) is 6.07 Å². The molecule has 22 heavy (non-hydrogen) atoms. The number of sulfonamides is 1. The smallest absolute Gasteiger partial charge is 0.317 e.